The number of phenolic OH excluding ortho intramolecular Hbond substituents is 2. The third kappa shape index (κ3) is 19.7. The number of unbranched alkanes of at least 4 members (excludes halogenated alkanes) is 20. The van der Waals surface area contributed by atoms with Gasteiger partial charge in [0.15, 0.2) is 11.6 Å². The summed E-state index contributed by atoms with van der Waals surface area (Å²) >= 11 is 0. The topological polar surface area (TPSA) is 93.1 Å². The lowest BCUT2D eigenvalue weighted by Gasteiger charge is -2.09. The second-order valence-electron chi connectivity index (χ2n) is 15.5. The highest BCUT2D eigenvalue weighted by Gasteiger charge is 2.15. The fourth-order valence-corrected chi connectivity index (χ4v) is 6.99. The fourth-order valence-electron chi connectivity index (χ4n) is 6.99. The zero-order valence-electron chi connectivity index (χ0n) is 35.7. The Morgan fingerprint density at radius 2 is 0.690 bits per heavy atom. The van der Waals surface area contributed by atoms with Crippen molar-refractivity contribution in [2.45, 2.75) is 155 Å². The Morgan fingerprint density at radius 1 is 0.397 bits per heavy atom. The van der Waals surface area contributed by atoms with Crippen molar-refractivity contribution >= 4 is 11.6 Å². The van der Waals surface area contributed by atoms with Crippen LogP contribution in [0.15, 0.2) is 97.1 Å². The quantitative estimate of drug-likeness (QED) is 0.0403. The maximum absolute atomic E-state index is 12.5. The average molecular weight is 793 g/mol. The minimum absolute atomic E-state index is 0.0293. The maximum Gasteiger partial charge on any atom is 0.196 e. The molecule has 0 atom stereocenters. The van der Waals surface area contributed by atoms with Crippen LogP contribution in [0.3, 0.4) is 0 Å². The van der Waals surface area contributed by atoms with Gasteiger partial charge in [0, 0.05) is 23.3 Å². The Bertz CT molecular complexity index is 1670. The van der Waals surface area contributed by atoms with Gasteiger partial charge in [0.05, 0.1) is 24.3 Å². The van der Waals surface area contributed by atoms with Crippen LogP contribution in [0.1, 0.15) is 187 Å². The first kappa shape index (κ1) is 47.8. The van der Waals surface area contributed by atoms with E-state index in [4.69, 9.17) is 9.47 Å². The van der Waals surface area contributed by atoms with Gasteiger partial charge in [-0.3, -0.25) is 9.59 Å². The van der Waals surface area contributed by atoms with Gasteiger partial charge >= 0.3 is 0 Å². The summed E-state index contributed by atoms with van der Waals surface area (Å²) in [5.74, 6) is 0.786. The Balaban J connectivity index is 0.000000329. The van der Waals surface area contributed by atoms with E-state index >= 15 is 0 Å². The summed E-state index contributed by atoms with van der Waals surface area (Å²) in [5.41, 5.74) is 1.74. The molecule has 6 heteroatoms. The summed E-state index contributed by atoms with van der Waals surface area (Å²) < 4.78 is 11.4. The summed E-state index contributed by atoms with van der Waals surface area (Å²) in [6.45, 7) is 5.77. The van der Waals surface area contributed by atoms with Crippen molar-refractivity contribution in [3.63, 3.8) is 0 Å². The number of phenols is 2. The zero-order chi connectivity index (χ0) is 41.5. The fraction of sp³-hybridized carbons (Fsp3) is 0.500. The highest BCUT2D eigenvalue weighted by Crippen LogP contribution is 2.27. The number of ether oxygens (including phenoxy) is 2. The lowest BCUT2D eigenvalue weighted by molar-refractivity contribution is 0.102. The van der Waals surface area contributed by atoms with Crippen molar-refractivity contribution in [2.75, 3.05) is 13.2 Å². The van der Waals surface area contributed by atoms with E-state index in [1.165, 1.54) is 128 Å². The van der Waals surface area contributed by atoms with Crippen molar-refractivity contribution in [1.29, 1.82) is 0 Å². The van der Waals surface area contributed by atoms with Gasteiger partial charge in [0.2, 0.25) is 0 Å². The molecule has 0 radical (unpaired) electrons. The molecule has 0 amide bonds. The monoisotopic (exact) mass is 793 g/mol. The number of ketones is 2. The van der Waals surface area contributed by atoms with Crippen LogP contribution in [-0.2, 0) is 0 Å². The van der Waals surface area contributed by atoms with Gasteiger partial charge in [-0.05, 0) is 37.1 Å². The van der Waals surface area contributed by atoms with Crippen LogP contribution < -0.4 is 9.47 Å². The summed E-state index contributed by atoms with van der Waals surface area (Å²) in [5, 5.41) is 20.4. The summed E-state index contributed by atoms with van der Waals surface area (Å²) in [6, 6.07) is 27.8. The van der Waals surface area contributed by atoms with E-state index in [1.807, 2.05) is 36.4 Å². The van der Waals surface area contributed by atoms with Gasteiger partial charge in [0.25, 0.3) is 0 Å². The summed E-state index contributed by atoms with van der Waals surface area (Å²) in [7, 11) is 0. The number of carbonyl (C=O) groups excluding carboxylic acids is 2. The third-order valence-electron chi connectivity index (χ3n) is 10.5. The molecule has 0 aliphatic rings. The number of benzene rings is 4. The highest BCUT2D eigenvalue weighted by atomic mass is 16.5. The molecule has 0 spiro atoms. The van der Waals surface area contributed by atoms with Crippen LogP contribution in [0, 0.1) is 0 Å². The standard InChI is InChI=1S/C31H46O3.C21H26O3/c1-2-3-4-5-6-7-8-9-10-11-12-13-14-15-16-20-25-34-28-23-24-29(30(32)26-28)31(33)27-21-18-17-19-22-27;1-2-3-4-5-6-10-15-24-18-13-14-19(20(22)16-18)21(23)17-11-8-7-9-12-17/h17-19,21-24,26,32H,2-16,20,25H2,1H3;7-9,11-14,16,22H,2-6,10,15H2,1H3. The first-order valence-electron chi connectivity index (χ1n) is 22.6. The van der Waals surface area contributed by atoms with E-state index in [2.05, 4.69) is 13.8 Å². The Morgan fingerprint density at radius 3 is 0.983 bits per heavy atom. The van der Waals surface area contributed by atoms with Crippen LogP contribution >= 0.6 is 0 Å². The molecule has 4 aromatic carbocycles. The molecule has 6 nitrogen and oxygen atoms in total. The molecule has 316 valence electrons. The molecule has 2 N–H and O–H groups in total. The molecule has 0 aliphatic carbocycles. The van der Waals surface area contributed by atoms with Crippen molar-refractivity contribution in [1.82, 2.24) is 0 Å². The van der Waals surface area contributed by atoms with Gasteiger partial charge in [0.1, 0.15) is 23.0 Å². The summed E-state index contributed by atoms with van der Waals surface area (Å²) in [4.78, 5) is 24.9. The van der Waals surface area contributed by atoms with Crippen molar-refractivity contribution in [3.8, 4) is 23.0 Å². The molecule has 4 rings (SSSR count). The van der Waals surface area contributed by atoms with E-state index in [1.54, 1.807) is 54.6 Å². The largest absolute Gasteiger partial charge is 0.507 e. The maximum atomic E-state index is 12.5. The number of aromatic hydroxyl groups is 2. The van der Waals surface area contributed by atoms with Gasteiger partial charge in [-0.25, -0.2) is 0 Å². The first-order valence-corrected chi connectivity index (χ1v) is 22.6. The molecular formula is C52H72O6. The molecule has 0 saturated carbocycles. The molecule has 0 saturated heterocycles. The van der Waals surface area contributed by atoms with Crippen LogP contribution in [0.4, 0.5) is 0 Å². The minimum Gasteiger partial charge on any atom is -0.507 e. The van der Waals surface area contributed by atoms with Crippen LogP contribution in [0.25, 0.3) is 0 Å². The molecular weight excluding hydrogens is 721 g/mol. The first-order chi connectivity index (χ1) is 28.4. The minimum atomic E-state index is -0.185. The average Bonchev–Trinajstić information content (AvgIpc) is 3.25. The smallest absolute Gasteiger partial charge is 0.196 e. The second kappa shape index (κ2) is 30.5. The van der Waals surface area contributed by atoms with Gasteiger partial charge in [-0.15, -0.1) is 0 Å². The Hall–Kier alpha value is -4.58. The third-order valence-corrected chi connectivity index (χ3v) is 10.5. The van der Waals surface area contributed by atoms with Crippen molar-refractivity contribution < 1.29 is 29.3 Å². The Kier molecular flexibility index (Phi) is 25.1. The lowest BCUT2D eigenvalue weighted by Crippen LogP contribution is -2.02. The predicted octanol–water partition coefficient (Wildman–Crippen LogP) is 14.6. The SMILES string of the molecule is CCCCCCCCCCCCCCCCCCOc1ccc(C(=O)c2ccccc2)c(O)c1.CCCCCCCCOc1ccc(C(=O)c2ccccc2)c(O)c1. The van der Waals surface area contributed by atoms with E-state index in [0.29, 0.717) is 47.0 Å². The normalized spacial score (nSPS) is 10.8. The molecule has 0 aliphatic heterocycles. The predicted molar refractivity (Wildman–Crippen MR) is 240 cm³/mol. The summed E-state index contributed by atoms with van der Waals surface area (Å²) in [6.07, 6.45) is 28.9. The lowest BCUT2D eigenvalue weighted by atomic mass is 10.0. The van der Waals surface area contributed by atoms with Gasteiger partial charge in [-0.2, -0.15) is 0 Å². The van der Waals surface area contributed by atoms with Crippen LogP contribution in [0.5, 0.6) is 23.0 Å². The van der Waals surface area contributed by atoms with Crippen molar-refractivity contribution in [3.05, 3.63) is 119 Å². The number of carbonyl (C=O) groups is 2. The molecule has 0 aromatic heterocycles. The van der Waals surface area contributed by atoms with E-state index in [0.717, 1.165) is 19.3 Å². The molecule has 0 unspecified atom stereocenters. The molecule has 0 heterocycles. The molecule has 0 fully saturated rings. The van der Waals surface area contributed by atoms with Gasteiger partial charge in [-0.1, -0.05) is 203 Å². The zero-order valence-corrected chi connectivity index (χ0v) is 35.7. The highest BCUT2D eigenvalue weighted by molar-refractivity contribution is 6.11. The molecule has 58 heavy (non-hydrogen) atoms. The molecule has 0 bridgehead atoms. The van der Waals surface area contributed by atoms with Crippen LogP contribution in [0.2, 0.25) is 0 Å². The number of hydrogen-bond acceptors (Lipinski definition) is 6. The van der Waals surface area contributed by atoms with Crippen LogP contribution in [-0.4, -0.2) is 35.0 Å². The number of hydrogen-bond donors (Lipinski definition) is 2. The Labute approximate surface area is 350 Å². The second-order valence-corrected chi connectivity index (χ2v) is 15.5. The van der Waals surface area contributed by atoms with E-state index in [-0.39, 0.29) is 23.1 Å². The number of rotatable bonds is 30. The van der Waals surface area contributed by atoms with E-state index in [9.17, 15) is 19.8 Å². The molecule has 4 aromatic rings. The van der Waals surface area contributed by atoms with E-state index < -0.39 is 0 Å². The van der Waals surface area contributed by atoms with Crippen molar-refractivity contribution in [2.24, 2.45) is 0 Å². The van der Waals surface area contributed by atoms with Gasteiger partial charge < -0.3 is 19.7 Å².